The van der Waals surface area contributed by atoms with E-state index in [0.717, 1.165) is 11.4 Å². The first-order valence-corrected chi connectivity index (χ1v) is 10.2. The van der Waals surface area contributed by atoms with Crippen molar-refractivity contribution in [2.45, 2.75) is 32.3 Å². The van der Waals surface area contributed by atoms with Crippen LogP contribution in [0.2, 0.25) is 0 Å². The van der Waals surface area contributed by atoms with Gasteiger partial charge in [0.2, 0.25) is 11.8 Å². The molecule has 10 heteroatoms. The highest BCUT2D eigenvalue weighted by atomic mass is 19.1. The molecule has 1 N–H and O–H groups in total. The molecular weight excluding hydrogens is 405 g/mol. The molecule has 31 heavy (non-hydrogen) atoms. The molecule has 2 aromatic heterocycles. The van der Waals surface area contributed by atoms with Crippen LogP contribution in [0.3, 0.4) is 0 Å². The summed E-state index contributed by atoms with van der Waals surface area (Å²) in [4.78, 5) is 18.5. The molecule has 164 valence electrons. The SMILES string of the molecule is Cc1noc(CCC(=O)N2CCO[C@H](c3cc(CCOc4cccc(F)c4)[nH]n3)C2)n1. The van der Waals surface area contributed by atoms with Gasteiger partial charge in [-0.1, -0.05) is 11.2 Å². The Labute approximate surface area is 178 Å². The molecule has 1 aliphatic heterocycles. The lowest BCUT2D eigenvalue weighted by Crippen LogP contribution is -2.42. The Kier molecular flexibility index (Phi) is 6.56. The number of nitrogens with zero attached hydrogens (tertiary/aromatic N) is 4. The van der Waals surface area contributed by atoms with Gasteiger partial charge in [-0.3, -0.25) is 9.89 Å². The van der Waals surface area contributed by atoms with Crippen molar-refractivity contribution in [3.8, 4) is 5.75 Å². The molecule has 1 saturated heterocycles. The maximum atomic E-state index is 13.2. The molecule has 4 rings (SSSR count). The number of hydrogen-bond acceptors (Lipinski definition) is 7. The van der Waals surface area contributed by atoms with Crippen molar-refractivity contribution < 1.29 is 23.2 Å². The van der Waals surface area contributed by atoms with Crippen LogP contribution in [-0.4, -0.2) is 57.4 Å². The topological polar surface area (TPSA) is 106 Å². The summed E-state index contributed by atoms with van der Waals surface area (Å²) in [5.74, 6) is 1.20. The summed E-state index contributed by atoms with van der Waals surface area (Å²) in [5.41, 5.74) is 1.62. The molecular formula is C21H24FN5O4. The summed E-state index contributed by atoms with van der Waals surface area (Å²) >= 11 is 0. The summed E-state index contributed by atoms with van der Waals surface area (Å²) < 4.78 is 29.7. The molecule has 1 aliphatic rings. The maximum absolute atomic E-state index is 13.2. The van der Waals surface area contributed by atoms with Gasteiger partial charge in [0.05, 0.1) is 25.5 Å². The molecule has 0 aliphatic carbocycles. The van der Waals surface area contributed by atoms with E-state index in [4.69, 9.17) is 14.0 Å². The van der Waals surface area contributed by atoms with E-state index >= 15 is 0 Å². The van der Waals surface area contributed by atoms with Crippen LogP contribution in [-0.2, 0) is 22.4 Å². The van der Waals surface area contributed by atoms with Crippen LogP contribution in [0.5, 0.6) is 5.75 Å². The fourth-order valence-electron chi connectivity index (χ4n) is 3.38. The molecule has 1 fully saturated rings. The van der Waals surface area contributed by atoms with Crippen molar-refractivity contribution in [1.29, 1.82) is 0 Å². The van der Waals surface area contributed by atoms with Gasteiger partial charge in [0.25, 0.3) is 0 Å². The first kappa shape index (κ1) is 21.0. The molecule has 1 amide bonds. The van der Waals surface area contributed by atoms with E-state index in [-0.39, 0.29) is 17.8 Å². The van der Waals surface area contributed by atoms with Crippen LogP contribution in [0.25, 0.3) is 0 Å². The van der Waals surface area contributed by atoms with Gasteiger partial charge in [0, 0.05) is 37.6 Å². The largest absolute Gasteiger partial charge is 0.493 e. The van der Waals surface area contributed by atoms with Gasteiger partial charge >= 0.3 is 0 Å². The van der Waals surface area contributed by atoms with E-state index in [9.17, 15) is 9.18 Å². The van der Waals surface area contributed by atoms with E-state index in [1.165, 1.54) is 12.1 Å². The quantitative estimate of drug-likeness (QED) is 0.586. The van der Waals surface area contributed by atoms with Gasteiger partial charge in [-0.05, 0) is 25.1 Å². The van der Waals surface area contributed by atoms with Crippen molar-refractivity contribution in [1.82, 2.24) is 25.2 Å². The fourth-order valence-corrected chi connectivity index (χ4v) is 3.38. The predicted molar refractivity (Wildman–Crippen MR) is 107 cm³/mol. The highest BCUT2D eigenvalue weighted by molar-refractivity contribution is 5.76. The van der Waals surface area contributed by atoms with Crippen LogP contribution in [0.1, 0.15) is 35.6 Å². The summed E-state index contributed by atoms with van der Waals surface area (Å²) in [7, 11) is 0. The Bertz CT molecular complexity index is 1020. The first-order valence-electron chi connectivity index (χ1n) is 10.2. The lowest BCUT2D eigenvalue weighted by molar-refractivity contribution is -0.139. The smallest absolute Gasteiger partial charge is 0.227 e. The Morgan fingerprint density at radius 3 is 3.06 bits per heavy atom. The number of carbonyl (C=O) groups is 1. The number of aromatic amines is 1. The highest BCUT2D eigenvalue weighted by Crippen LogP contribution is 2.22. The van der Waals surface area contributed by atoms with Crippen molar-refractivity contribution in [3.63, 3.8) is 0 Å². The molecule has 0 bridgehead atoms. The number of morpholine rings is 1. The number of amides is 1. The Morgan fingerprint density at radius 1 is 1.35 bits per heavy atom. The Balaban J connectivity index is 1.26. The molecule has 3 heterocycles. The second-order valence-corrected chi connectivity index (χ2v) is 7.31. The van der Waals surface area contributed by atoms with E-state index < -0.39 is 0 Å². The summed E-state index contributed by atoms with van der Waals surface area (Å²) in [6.45, 7) is 3.55. The number of rotatable bonds is 8. The molecule has 0 unspecified atom stereocenters. The second-order valence-electron chi connectivity index (χ2n) is 7.31. The highest BCUT2D eigenvalue weighted by Gasteiger charge is 2.27. The first-order chi connectivity index (χ1) is 15.1. The Hall–Kier alpha value is -3.27. The van der Waals surface area contributed by atoms with Gasteiger partial charge in [-0.2, -0.15) is 10.1 Å². The molecule has 0 saturated carbocycles. The molecule has 1 aromatic carbocycles. The summed E-state index contributed by atoms with van der Waals surface area (Å²) in [6.07, 6.45) is 1.01. The number of hydrogen-bond donors (Lipinski definition) is 1. The average molecular weight is 429 g/mol. The minimum atomic E-state index is -0.331. The fraction of sp³-hybridized carbons (Fsp3) is 0.429. The number of halogens is 1. The zero-order valence-corrected chi connectivity index (χ0v) is 17.2. The van der Waals surface area contributed by atoms with Crippen molar-refractivity contribution in [2.75, 3.05) is 26.3 Å². The lowest BCUT2D eigenvalue weighted by Gasteiger charge is -2.32. The van der Waals surface area contributed by atoms with Gasteiger partial charge < -0.3 is 18.9 Å². The second kappa shape index (κ2) is 9.69. The summed E-state index contributed by atoms with van der Waals surface area (Å²) in [5, 5.41) is 11.0. The zero-order chi connectivity index (χ0) is 21.6. The van der Waals surface area contributed by atoms with Crippen LogP contribution < -0.4 is 4.74 Å². The number of ether oxygens (including phenoxy) is 2. The number of benzene rings is 1. The monoisotopic (exact) mass is 429 g/mol. The number of aryl methyl sites for hydroxylation is 2. The number of carbonyl (C=O) groups excluding carboxylic acids is 1. The third kappa shape index (κ3) is 5.66. The molecule has 0 radical (unpaired) electrons. The van der Waals surface area contributed by atoms with Gasteiger partial charge in [-0.25, -0.2) is 4.39 Å². The van der Waals surface area contributed by atoms with E-state index in [0.29, 0.717) is 63.0 Å². The van der Waals surface area contributed by atoms with Gasteiger partial charge in [-0.15, -0.1) is 0 Å². The standard InChI is InChI=1S/C21H24FN5O4/c1-14-23-20(31-26-14)5-6-21(28)27-8-10-30-19(13-27)18-12-16(24-25-18)7-9-29-17-4-2-3-15(22)11-17/h2-4,11-12,19H,5-10,13H2,1H3,(H,24,25)/t19-/m0/s1. The van der Waals surface area contributed by atoms with Gasteiger partial charge in [0.1, 0.15) is 17.7 Å². The Morgan fingerprint density at radius 2 is 2.26 bits per heavy atom. The third-order valence-electron chi connectivity index (χ3n) is 4.96. The third-order valence-corrected chi connectivity index (χ3v) is 4.96. The molecule has 9 nitrogen and oxygen atoms in total. The van der Waals surface area contributed by atoms with Crippen LogP contribution in [0.4, 0.5) is 4.39 Å². The molecule has 3 aromatic rings. The normalized spacial score (nSPS) is 16.5. The van der Waals surface area contributed by atoms with Crippen LogP contribution in [0.15, 0.2) is 34.9 Å². The van der Waals surface area contributed by atoms with E-state index in [1.54, 1.807) is 24.0 Å². The van der Waals surface area contributed by atoms with E-state index in [1.807, 2.05) is 6.07 Å². The van der Waals surface area contributed by atoms with Crippen molar-refractivity contribution >= 4 is 5.91 Å². The van der Waals surface area contributed by atoms with Crippen LogP contribution >= 0.6 is 0 Å². The molecule has 1 atom stereocenters. The van der Waals surface area contributed by atoms with Crippen molar-refractivity contribution in [3.05, 3.63) is 59.3 Å². The predicted octanol–water partition coefficient (Wildman–Crippen LogP) is 2.39. The lowest BCUT2D eigenvalue weighted by atomic mass is 10.1. The van der Waals surface area contributed by atoms with Gasteiger partial charge in [0.15, 0.2) is 5.82 Å². The average Bonchev–Trinajstić information content (AvgIpc) is 3.41. The number of H-pyrrole nitrogens is 1. The minimum Gasteiger partial charge on any atom is -0.493 e. The molecule has 0 spiro atoms. The van der Waals surface area contributed by atoms with Crippen molar-refractivity contribution in [2.24, 2.45) is 0 Å². The van der Waals surface area contributed by atoms with E-state index in [2.05, 4.69) is 20.3 Å². The number of nitrogens with one attached hydrogen (secondary N) is 1. The zero-order valence-electron chi connectivity index (χ0n) is 17.2. The minimum absolute atomic E-state index is 0.0170. The number of aromatic nitrogens is 4. The van der Waals surface area contributed by atoms with Crippen LogP contribution in [0, 0.1) is 12.7 Å². The maximum Gasteiger partial charge on any atom is 0.227 e. The summed E-state index contributed by atoms with van der Waals surface area (Å²) in [6, 6.07) is 7.95.